The Morgan fingerprint density at radius 1 is 1.13 bits per heavy atom. The molecule has 7 heteroatoms. The minimum Gasteiger partial charge on any atom is -0.207 e. The van der Waals surface area contributed by atoms with E-state index in [1.807, 2.05) is 6.92 Å². The summed E-state index contributed by atoms with van der Waals surface area (Å²) in [7, 11) is -3.56. The van der Waals surface area contributed by atoms with Gasteiger partial charge in [0, 0.05) is 22.3 Å². The van der Waals surface area contributed by atoms with Gasteiger partial charge in [-0.15, -0.1) is 11.8 Å². The third-order valence-corrected chi connectivity index (χ3v) is 7.52. The lowest BCUT2D eigenvalue weighted by Crippen LogP contribution is -2.30. The third-order valence-electron chi connectivity index (χ3n) is 3.71. The van der Waals surface area contributed by atoms with Crippen LogP contribution in [0.3, 0.4) is 0 Å². The minimum atomic E-state index is -3.56. The van der Waals surface area contributed by atoms with Crippen LogP contribution in [-0.2, 0) is 10.0 Å². The first-order chi connectivity index (χ1) is 10.9. The van der Waals surface area contributed by atoms with Crippen LogP contribution in [0, 0.1) is 6.92 Å². The Morgan fingerprint density at radius 2 is 1.83 bits per heavy atom. The fourth-order valence-electron chi connectivity index (χ4n) is 2.49. The second kappa shape index (κ2) is 6.65. The van der Waals surface area contributed by atoms with Crippen LogP contribution in [-0.4, -0.2) is 25.0 Å². The zero-order valence-electron chi connectivity index (χ0n) is 12.4. The summed E-state index contributed by atoms with van der Waals surface area (Å²) < 4.78 is 27.4. The van der Waals surface area contributed by atoms with Gasteiger partial charge in [0.25, 0.3) is 0 Å². The van der Waals surface area contributed by atoms with E-state index in [0.29, 0.717) is 21.5 Å². The first-order valence-corrected chi connectivity index (χ1v) is 10.3. The number of aryl methyl sites for hydroxylation is 1. The van der Waals surface area contributed by atoms with Crippen LogP contribution in [0.25, 0.3) is 0 Å². The number of benzene rings is 2. The average molecular weight is 388 g/mol. The molecule has 2 aromatic carbocycles. The van der Waals surface area contributed by atoms with Gasteiger partial charge in [0.05, 0.1) is 10.3 Å². The Balaban J connectivity index is 1.99. The molecule has 1 aliphatic heterocycles. The van der Waals surface area contributed by atoms with E-state index in [0.717, 1.165) is 16.9 Å². The van der Waals surface area contributed by atoms with Gasteiger partial charge < -0.3 is 0 Å². The monoisotopic (exact) mass is 387 g/mol. The molecule has 1 aliphatic rings. The lowest BCUT2D eigenvalue weighted by molar-refractivity contribution is 0.434. The van der Waals surface area contributed by atoms with Crippen molar-refractivity contribution < 1.29 is 8.42 Å². The predicted molar refractivity (Wildman–Crippen MR) is 96.7 cm³/mol. The maximum atomic E-state index is 13.0. The highest BCUT2D eigenvalue weighted by molar-refractivity contribution is 8.01. The largest absolute Gasteiger partial charge is 0.244 e. The molecule has 0 amide bonds. The fourth-order valence-corrected chi connectivity index (χ4v) is 6.34. The van der Waals surface area contributed by atoms with Gasteiger partial charge in [-0.25, -0.2) is 8.42 Å². The lowest BCUT2D eigenvalue weighted by atomic mass is 10.2. The van der Waals surface area contributed by atoms with Crippen molar-refractivity contribution in [2.24, 2.45) is 0 Å². The van der Waals surface area contributed by atoms with Crippen LogP contribution in [0.1, 0.15) is 16.5 Å². The summed E-state index contributed by atoms with van der Waals surface area (Å²) in [5, 5.41) is 0.696. The molecule has 2 aromatic rings. The highest BCUT2D eigenvalue weighted by Gasteiger charge is 2.37. The van der Waals surface area contributed by atoms with Crippen LogP contribution in [0.15, 0.2) is 47.4 Å². The molecule has 0 aliphatic carbocycles. The Labute approximate surface area is 150 Å². The van der Waals surface area contributed by atoms with Gasteiger partial charge in [0.2, 0.25) is 10.0 Å². The summed E-state index contributed by atoms with van der Waals surface area (Å²) in [6.45, 7) is 2.39. The number of hydrogen-bond acceptors (Lipinski definition) is 3. The second-order valence-corrected chi connectivity index (χ2v) is 9.24. The van der Waals surface area contributed by atoms with Crippen molar-refractivity contribution in [3.8, 4) is 0 Å². The van der Waals surface area contributed by atoms with E-state index < -0.39 is 10.0 Å². The zero-order chi connectivity index (χ0) is 16.6. The van der Waals surface area contributed by atoms with Gasteiger partial charge in [-0.1, -0.05) is 47.0 Å². The molecule has 0 radical (unpaired) electrons. The Kier molecular flexibility index (Phi) is 4.95. The van der Waals surface area contributed by atoms with Gasteiger partial charge in [-0.3, -0.25) is 0 Å². The van der Waals surface area contributed by atoms with Crippen LogP contribution in [0.4, 0.5) is 0 Å². The predicted octanol–water partition coefficient (Wildman–Crippen LogP) is 4.74. The molecule has 1 atom stereocenters. The molecular formula is C16H15Cl2NO2S2. The highest BCUT2D eigenvalue weighted by atomic mass is 35.5. The normalized spacial score (nSPS) is 19.2. The van der Waals surface area contributed by atoms with Crippen molar-refractivity contribution in [2.75, 3.05) is 12.3 Å². The molecule has 0 bridgehead atoms. The van der Waals surface area contributed by atoms with Crippen molar-refractivity contribution in [3.63, 3.8) is 0 Å². The van der Waals surface area contributed by atoms with E-state index >= 15 is 0 Å². The van der Waals surface area contributed by atoms with Crippen LogP contribution in [0.2, 0.25) is 10.0 Å². The summed E-state index contributed by atoms with van der Waals surface area (Å²) >= 11 is 13.8. The third kappa shape index (κ3) is 3.39. The van der Waals surface area contributed by atoms with Crippen LogP contribution in [0.5, 0.6) is 0 Å². The standard InChI is InChI=1S/C16H15Cl2NO2S2/c1-11-2-5-13(6-3-11)23(20,21)19-8-9-22-16(19)14-7-4-12(17)10-15(14)18/h2-7,10,16H,8-9H2,1H3/t16-/m0/s1. The topological polar surface area (TPSA) is 37.4 Å². The van der Waals surface area contributed by atoms with E-state index in [9.17, 15) is 8.42 Å². The van der Waals surface area contributed by atoms with Gasteiger partial charge in [0.15, 0.2) is 0 Å². The van der Waals surface area contributed by atoms with Crippen molar-refractivity contribution in [3.05, 3.63) is 63.6 Å². The molecule has 1 heterocycles. The van der Waals surface area contributed by atoms with E-state index in [2.05, 4.69) is 0 Å². The lowest BCUT2D eigenvalue weighted by Gasteiger charge is -2.24. The molecule has 0 saturated carbocycles. The molecule has 3 nitrogen and oxygen atoms in total. The van der Waals surface area contributed by atoms with Crippen molar-refractivity contribution >= 4 is 45.0 Å². The van der Waals surface area contributed by atoms with Gasteiger partial charge in [0.1, 0.15) is 0 Å². The van der Waals surface area contributed by atoms with Gasteiger partial charge >= 0.3 is 0 Å². The van der Waals surface area contributed by atoms with E-state index in [4.69, 9.17) is 23.2 Å². The molecule has 1 fully saturated rings. The maximum absolute atomic E-state index is 13.0. The smallest absolute Gasteiger partial charge is 0.207 e. The molecule has 0 unspecified atom stereocenters. The number of nitrogens with zero attached hydrogens (tertiary/aromatic N) is 1. The average Bonchev–Trinajstić information content (AvgIpc) is 2.97. The first-order valence-electron chi connectivity index (χ1n) is 7.04. The summed E-state index contributed by atoms with van der Waals surface area (Å²) in [4.78, 5) is 0.306. The summed E-state index contributed by atoms with van der Waals surface area (Å²) in [5.74, 6) is 0.731. The molecule has 122 valence electrons. The van der Waals surface area contributed by atoms with Crippen molar-refractivity contribution in [1.82, 2.24) is 4.31 Å². The SMILES string of the molecule is Cc1ccc(S(=O)(=O)N2CCS[C@H]2c2ccc(Cl)cc2Cl)cc1. The number of rotatable bonds is 3. The van der Waals surface area contributed by atoms with Crippen LogP contribution >= 0.6 is 35.0 Å². The molecular weight excluding hydrogens is 373 g/mol. The van der Waals surface area contributed by atoms with Gasteiger partial charge in [-0.05, 0) is 36.8 Å². The quantitative estimate of drug-likeness (QED) is 0.762. The van der Waals surface area contributed by atoms with E-state index in [1.165, 1.54) is 4.31 Å². The fraction of sp³-hybridized carbons (Fsp3) is 0.250. The molecule has 0 spiro atoms. The van der Waals surface area contributed by atoms with Crippen molar-refractivity contribution in [2.45, 2.75) is 17.2 Å². The number of sulfonamides is 1. The molecule has 23 heavy (non-hydrogen) atoms. The maximum Gasteiger partial charge on any atom is 0.244 e. The van der Waals surface area contributed by atoms with Crippen molar-refractivity contribution in [1.29, 1.82) is 0 Å². The Morgan fingerprint density at radius 3 is 2.48 bits per heavy atom. The summed E-state index contributed by atoms with van der Waals surface area (Å²) in [6.07, 6.45) is 0. The van der Waals surface area contributed by atoms with E-state index in [-0.39, 0.29) is 5.37 Å². The number of halogens is 2. The van der Waals surface area contributed by atoms with E-state index in [1.54, 1.807) is 54.2 Å². The molecule has 0 N–H and O–H groups in total. The molecule has 3 rings (SSSR count). The van der Waals surface area contributed by atoms with Crippen LogP contribution < -0.4 is 0 Å². The summed E-state index contributed by atoms with van der Waals surface area (Å²) in [5.41, 5.74) is 1.80. The Bertz CT molecular complexity index is 822. The first kappa shape index (κ1) is 17.1. The summed E-state index contributed by atoms with van der Waals surface area (Å²) in [6, 6.07) is 12.1. The number of thioether (sulfide) groups is 1. The molecule has 1 saturated heterocycles. The minimum absolute atomic E-state index is 0.306. The highest BCUT2D eigenvalue weighted by Crippen LogP contribution is 2.44. The molecule has 0 aromatic heterocycles. The second-order valence-electron chi connectivity index (χ2n) is 5.32. The van der Waals surface area contributed by atoms with Gasteiger partial charge in [-0.2, -0.15) is 4.31 Å². The Hall–Kier alpha value is -0.720. The number of hydrogen-bond donors (Lipinski definition) is 0. The zero-order valence-corrected chi connectivity index (χ0v) is 15.5.